The minimum Gasteiger partial charge on any atom is -0.274 e. The molecule has 1 aliphatic rings. The number of aromatic nitrogens is 7. The number of nitrogens with one attached hydrogen (secondary N) is 1. The molecule has 0 radical (unpaired) electrons. The lowest BCUT2D eigenvalue weighted by Crippen LogP contribution is -2.27. The molecule has 8 heteroatoms. The van der Waals surface area contributed by atoms with Gasteiger partial charge in [-0.2, -0.15) is 10.3 Å². The maximum absolute atomic E-state index is 13.4. The summed E-state index contributed by atoms with van der Waals surface area (Å²) in [5.74, 6) is 2.61. The molecule has 0 unspecified atom stereocenters. The first-order valence-corrected chi connectivity index (χ1v) is 13.2. The minimum absolute atomic E-state index is 0.00740. The molecule has 1 aliphatic carbocycles. The lowest BCUT2D eigenvalue weighted by molar-refractivity contribution is 0.316. The second kappa shape index (κ2) is 11.0. The predicted octanol–water partition coefficient (Wildman–Crippen LogP) is 5.11. The van der Waals surface area contributed by atoms with E-state index in [1.165, 1.54) is 32.1 Å². The van der Waals surface area contributed by atoms with Gasteiger partial charge < -0.3 is 0 Å². The van der Waals surface area contributed by atoms with Crippen LogP contribution in [-0.2, 0) is 19.5 Å². The van der Waals surface area contributed by atoms with Crippen molar-refractivity contribution in [3.8, 4) is 22.5 Å². The highest BCUT2D eigenvalue weighted by Crippen LogP contribution is 2.30. The van der Waals surface area contributed by atoms with Crippen LogP contribution in [0.1, 0.15) is 63.8 Å². The highest BCUT2D eigenvalue weighted by molar-refractivity contribution is 5.80. The summed E-state index contributed by atoms with van der Waals surface area (Å²) in [4.78, 5) is 13.4. The molecule has 188 valence electrons. The Hall–Kier alpha value is -3.55. The largest absolute Gasteiger partial charge is 0.346 e. The molecule has 0 bridgehead atoms. The zero-order valence-electron chi connectivity index (χ0n) is 21.2. The number of hydrogen-bond acceptors (Lipinski definition) is 5. The Morgan fingerprint density at radius 3 is 2.44 bits per heavy atom. The summed E-state index contributed by atoms with van der Waals surface area (Å²) >= 11 is 0. The van der Waals surface area contributed by atoms with Gasteiger partial charge in [0.25, 0.3) is 0 Å². The van der Waals surface area contributed by atoms with E-state index in [1.807, 2.05) is 22.8 Å². The van der Waals surface area contributed by atoms with E-state index >= 15 is 0 Å². The Bertz CT molecular complexity index is 1310. The van der Waals surface area contributed by atoms with Crippen LogP contribution in [0.15, 0.2) is 53.3 Å². The molecule has 5 rings (SSSR count). The molecule has 0 amide bonds. The van der Waals surface area contributed by atoms with Crippen molar-refractivity contribution in [3.05, 3.63) is 70.4 Å². The summed E-state index contributed by atoms with van der Waals surface area (Å²) in [6, 6.07) is 16.4. The lowest BCUT2D eigenvalue weighted by Gasteiger charge is -2.20. The average molecular weight is 486 g/mol. The third-order valence-electron chi connectivity index (χ3n) is 7.18. The van der Waals surface area contributed by atoms with Gasteiger partial charge in [0, 0.05) is 18.5 Å². The van der Waals surface area contributed by atoms with E-state index in [0.717, 1.165) is 46.8 Å². The van der Waals surface area contributed by atoms with Crippen molar-refractivity contribution in [1.29, 1.82) is 0 Å². The summed E-state index contributed by atoms with van der Waals surface area (Å²) in [6.45, 7) is 5.59. The van der Waals surface area contributed by atoms with Gasteiger partial charge in [-0.15, -0.1) is 10.2 Å². The molecule has 2 heterocycles. The molecular formula is C28H35N7O. The maximum Gasteiger partial charge on any atom is 0.346 e. The minimum atomic E-state index is 0.00740. The van der Waals surface area contributed by atoms with Gasteiger partial charge in [0.2, 0.25) is 5.82 Å². The van der Waals surface area contributed by atoms with Crippen molar-refractivity contribution < 1.29 is 0 Å². The fourth-order valence-electron chi connectivity index (χ4n) is 5.27. The maximum atomic E-state index is 13.4. The lowest BCUT2D eigenvalue weighted by atomic mass is 9.87. The number of aromatic amines is 1. The number of H-pyrrole nitrogens is 1. The Morgan fingerprint density at radius 1 is 1.00 bits per heavy atom. The Kier molecular flexibility index (Phi) is 7.39. The van der Waals surface area contributed by atoms with Crippen molar-refractivity contribution in [2.24, 2.45) is 11.8 Å². The molecule has 2 aromatic heterocycles. The van der Waals surface area contributed by atoms with Crippen LogP contribution in [-0.4, -0.2) is 35.0 Å². The van der Waals surface area contributed by atoms with Crippen LogP contribution in [0.25, 0.3) is 22.5 Å². The normalized spacial score (nSPS) is 14.5. The number of nitrogens with zero attached hydrogens (tertiary/aromatic N) is 6. The first kappa shape index (κ1) is 24.2. The van der Waals surface area contributed by atoms with Crippen LogP contribution < -0.4 is 5.69 Å². The van der Waals surface area contributed by atoms with Gasteiger partial charge in [-0.3, -0.25) is 4.57 Å². The van der Waals surface area contributed by atoms with E-state index < -0.39 is 0 Å². The summed E-state index contributed by atoms with van der Waals surface area (Å²) in [7, 11) is 0. The van der Waals surface area contributed by atoms with Gasteiger partial charge in [0.15, 0.2) is 0 Å². The average Bonchev–Trinajstić information content (AvgIpc) is 3.53. The summed E-state index contributed by atoms with van der Waals surface area (Å²) in [6.07, 6.45) is 8.41. The van der Waals surface area contributed by atoms with Crippen LogP contribution in [0, 0.1) is 11.8 Å². The van der Waals surface area contributed by atoms with Crippen LogP contribution in [0.5, 0.6) is 0 Å². The SMILES string of the molecule is CC(C)Cc1nn(CCC2CCCCC2)c(=O)n1Cc1ccc(-c2ccccc2-c2nn[nH]n2)cc1. The molecule has 0 aliphatic heterocycles. The van der Waals surface area contributed by atoms with E-state index in [-0.39, 0.29) is 5.69 Å². The predicted molar refractivity (Wildman–Crippen MR) is 140 cm³/mol. The van der Waals surface area contributed by atoms with E-state index in [4.69, 9.17) is 5.10 Å². The quantitative estimate of drug-likeness (QED) is 0.356. The number of rotatable bonds is 9. The van der Waals surface area contributed by atoms with Crippen LogP contribution in [0.2, 0.25) is 0 Å². The zero-order valence-corrected chi connectivity index (χ0v) is 21.2. The van der Waals surface area contributed by atoms with Crippen LogP contribution in [0.3, 0.4) is 0 Å². The number of benzene rings is 2. The van der Waals surface area contributed by atoms with E-state index in [0.29, 0.717) is 24.8 Å². The highest BCUT2D eigenvalue weighted by Gasteiger charge is 2.18. The molecule has 1 N–H and O–H groups in total. The second-order valence-electron chi connectivity index (χ2n) is 10.4. The fourth-order valence-corrected chi connectivity index (χ4v) is 5.27. The van der Waals surface area contributed by atoms with Crippen LogP contribution in [0.4, 0.5) is 0 Å². The van der Waals surface area contributed by atoms with Crippen molar-refractivity contribution in [3.63, 3.8) is 0 Å². The van der Waals surface area contributed by atoms with Crippen molar-refractivity contribution in [2.75, 3.05) is 0 Å². The Morgan fingerprint density at radius 2 is 1.75 bits per heavy atom. The van der Waals surface area contributed by atoms with Gasteiger partial charge in [-0.25, -0.2) is 9.48 Å². The molecular weight excluding hydrogens is 450 g/mol. The summed E-state index contributed by atoms with van der Waals surface area (Å²) in [5.41, 5.74) is 4.12. The monoisotopic (exact) mass is 485 g/mol. The first-order valence-electron chi connectivity index (χ1n) is 13.2. The third kappa shape index (κ3) is 5.48. The first-order chi connectivity index (χ1) is 17.6. The van der Waals surface area contributed by atoms with Crippen molar-refractivity contribution in [1.82, 2.24) is 35.0 Å². The standard InChI is InChI=1S/C28H35N7O/c1-20(2)18-26-31-35(17-16-21-8-4-3-5-9-21)28(36)34(26)19-22-12-14-23(15-13-22)24-10-6-7-11-25(24)27-29-32-33-30-27/h6-7,10-15,20-21H,3-5,8-9,16-19H2,1-2H3,(H,29,30,32,33). The van der Waals surface area contributed by atoms with E-state index in [2.05, 4.69) is 64.8 Å². The van der Waals surface area contributed by atoms with E-state index in [1.54, 1.807) is 4.68 Å². The third-order valence-corrected chi connectivity index (χ3v) is 7.18. The molecule has 0 spiro atoms. The number of aryl methyl sites for hydroxylation is 1. The van der Waals surface area contributed by atoms with Gasteiger partial charge in [-0.1, -0.05) is 94.5 Å². The van der Waals surface area contributed by atoms with Gasteiger partial charge in [0.1, 0.15) is 5.82 Å². The van der Waals surface area contributed by atoms with Crippen molar-refractivity contribution in [2.45, 2.75) is 71.9 Å². The number of hydrogen-bond donors (Lipinski definition) is 1. The van der Waals surface area contributed by atoms with Gasteiger partial charge in [0.05, 0.1) is 6.54 Å². The number of tetrazole rings is 1. The smallest absolute Gasteiger partial charge is 0.274 e. The Labute approximate surface area is 211 Å². The van der Waals surface area contributed by atoms with Gasteiger partial charge in [-0.05, 0) is 40.2 Å². The summed E-state index contributed by atoms with van der Waals surface area (Å²) < 4.78 is 3.57. The summed E-state index contributed by atoms with van der Waals surface area (Å²) in [5, 5.41) is 19.3. The molecule has 36 heavy (non-hydrogen) atoms. The Balaban J connectivity index is 1.36. The fraction of sp³-hybridized carbons (Fsp3) is 0.464. The van der Waals surface area contributed by atoms with Crippen LogP contribution >= 0.6 is 0 Å². The molecule has 0 saturated heterocycles. The molecule has 0 atom stereocenters. The van der Waals surface area contributed by atoms with Gasteiger partial charge >= 0.3 is 5.69 Å². The molecule has 8 nitrogen and oxygen atoms in total. The van der Waals surface area contributed by atoms with E-state index in [9.17, 15) is 4.79 Å². The zero-order chi connectivity index (χ0) is 24.9. The second-order valence-corrected chi connectivity index (χ2v) is 10.4. The highest BCUT2D eigenvalue weighted by atomic mass is 16.2. The molecule has 1 fully saturated rings. The molecule has 4 aromatic rings. The van der Waals surface area contributed by atoms with Crippen molar-refractivity contribution >= 4 is 0 Å². The topological polar surface area (TPSA) is 94.3 Å². The molecule has 1 saturated carbocycles. The molecule has 2 aromatic carbocycles.